The molecule has 0 bridgehead atoms. The zero-order valence-electron chi connectivity index (χ0n) is 12.2. The van der Waals surface area contributed by atoms with Crippen molar-refractivity contribution in [3.8, 4) is 0 Å². The second kappa shape index (κ2) is 5.45. The van der Waals surface area contributed by atoms with E-state index in [9.17, 15) is 0 Å². The van der Waals surface area contributed by atoms with Gasteiger partial charge >= 0.3 is 0 Å². The molecule has 0 spiro atoms. The number of benzene rings is 1. The normalized spacial score (nSPS) is 35.8. The zero-order chi connectivity index (χ0) is 14.2. The van der Waals surface area contributed by atoms with Crippen LogP contribution in [0.25, 0.3) is 0 Å². The fourth-order valence-corrected chi connectivity index (χ4v) is 2.88. The highest BCUT2D eigenvalue weighted by Gasteiger charge is 2.48. The topological polar surface area (TPSA) is 36.9 Å². The van der Waals surface area contributed by atoms with Crippen LogP contribution in [0.3, 0.4) is 0 Å². The zero-order valence-corrected chi connectivity index (χ0v) is 12.2. The fraction of sp³-hybridized carbons (Fsp3) is 0.625. The number of ether oxygens (including phenoxy) is 4. The van der Waals surface area contributed by atoms with Crippen LogP contribution < -0.4 is 0 Å². The van der Waals surface area contributed by atoms with Crippen LogP contribution in [0.4, 0.5) is 0 Å². The van der Waals surface area contributed by atoms with Gasteiger partial charge in [0.25, 0.3) is 0 Å². The van der Waals surface area contributed by atoms with Crippen molar-refractivity contribution in [1.29, 1.82) is 0 Å². The fourth-order valence-electron chi connectivity index (χ4n) is 2.88. The van der Waals surface area contributed by atoms with Crippen LogP contribution in [-0.4, -0.2) is 30.4 Å². The van der Waals surface area contributed by atoms with Crippen molar-refractivity contribution in [2.75, 3.05) is 0 Å². The highest BCUT2D eigenvalue weighted by molar-refractivity contribution is 5.13. The smallest absolute Gasteiger partial charge is 0.163 e. The van der Waals surface area contributed by atoms with E-state index >= 15 is 0 Å². The van der Waals surface area contributed by atoms with Crippen LogP contribution in [0.1, 0.15) is 32.8 Å². The van der Waals surface area contributed by atoms with E-state index in [-0.39, 0.29) is 24.6 Å². The molecule has 0 aromatic heterocycles. The molecule has 4 atom stereocenters. The number of hydrogen-bond donors (Lipinski definition) is 0. The Labute approximate surface area is 120 Å². The van der Waals surface area contributed by atoms with Gasteiger partial charge in [-0.1, -0.05) is 30.3 Å². The maximum atomic E-state index is 5.92. The SMILES string of the molecule is C[C@@H]1O[C@@H](OCc2ccccc2)C[C@@H]2OC(C)(C)O[C@H]12. The lowest BCUT2D eigenvalue weighted by atomic mass is 10.0. The Bertz CT molecular complexity index is 445. The van der Waals surface area contributed by atoms with Gasteiger partial charge < -0.3 is 18.9 Å². The third-order valence-electron chi connectivity index (χ3n) is 3.75. The molecule has 110 valence electrons. The largest absolute Gasteiger partial charge is 0.348 e. The van der Waals surface area contributed by atoms with Gasteiger partial charge in [-0.05, 0) is 26.3 Å². The molecule has 4 nitrogen and oxygen atoms in total. The summed E-state index contributed by atoms with van der Waals surface area (Å²) in [6.45, 7) is 6.45. The van der Waals surface area contributed by atoms with Gasteiger partial charge in [-0.2, -0.15) is 0 Å². The Morgan fingerprint density at radius 1 is 1.20 bits per heavy atom. The van der Waals surface area contributed by atoms with E-state index in [2.05, 4.69) is 0 Å². The van der Waals surface area contributed by atoms with Gasteiger partial charge in [0.2, 0.25) is 0 Å². The highest BCUT2D eigenvalue weighted by atomic mass is 16.8. The lowest BCUT2D eigenvalue weighted by Crippen LogP contribution is -2.45. The van der Waals surface area contributed by atoms with Crippen LogP contribution in [0.5, 0.6) is 0 Å². The minimum absolute atomic E-state index is 0.00146. The minimum Gasteiger partial charge on any atom is -0.348 e. The molecule has 2 aliphatic heterocycles. The summed E-state index contributed by atoms with van der Waals surface area (Å²) in [5.74, 6) is -0.527. The van der Waals surface area contributed by atoms with Crippen molar-refractivity contribution in [3.05, 3.63) is 35.9 Å². The Kier molecular flexibility index (Phi) is 3.82. The summed E-state index contributed by atoms with van der Waals surface area (Å²) < 4.78 is 23.5. The molecule has 1 aromatic carbocycles. The standard InChI is InChI=1S/C16H22O4/c1-11-15-13(19-16(2,3)20-15)9-14(18-11)17-10-12-7-5-4-6-8-12/h4-8,11,13-15H,9-10H2,1-3H3/t11-,13-,14+,15+/m0/s1. The Balaban J connectivity index is 1.57. The molecule has 0 N–H and O–H groups in total. The van der Waals surface area contributed by atoms with E-state index in [1.165, 1.54) is 0 Å². The molecule has 2 heterocycles. The van der Waals surface area contributed by atoms with E-state index in [0.29, 0.717) is 13.0 Å². The van der Waals surface area contributed by atoms with Crippen LogP contribution in [-0.2, 0) is 25.6 Å². The lowest BCUT2D eigenvalue weighted by molar-refractivity contribution is -0.230. The molecule has 0 unspecified atom stereocenters. The first-order chi connectivity index (χ1) is 9.53. The first kappa shape index (κ1) is 14.0. The molecule has 0 radical (unpaired) electrons. The quantitative estimate of drug-likeness (QED) is 0.852. The predicted molar refractivity (Wildman–Crippen MR) is 74.0 cm³/mol. The molecule has 2 aliphatic rings. The third kappa shape index (κ3) is 3.04. The first-order valence-corrected chi connectivity index (χ1v) is 7.20. The molecule has 0 saturated carbocycles. The molecule has 1 aromatic rings. The predicted octanol–water partition coefficient (Wildman–Crippen LogP) is 2.86. The van der Waals surface area contributed by atoms with Gasteiger partial charge in [-0.15, -0.1) is 0 Å². The van der Waals surface area contributed by atoms with Crippen LogP contribution >= 0.6 is 0 Å². The molecule has 2 saturated heterocycles. The molecule has 3 rings (SSSR count). The molecule has 0 amide bonds. The second-order valence-corrected chi connectivity index (χ2v) is 5.94. The summed E-state index contributed by atoms with van der Waals surface area (Å²) >= 11 is 0. The van der Waals surface area contributed by atoms with Crippen LogP contribution in [0.2, 0.25) is 0 Å². The van der Waals surface area contributed by atoms with Gasteiger partial charge in [0, 0.05) is 6.42 Å². The van der Waals surface area contributed by atoms with E-state index < -0.39 is 5.79 Å². The molecular weight excluding hydrogens is 256 g/mol. The summed E-state index contributed by atoms with van der Waals surface area (Å²) in [4.78, 5) is 0. The average Bonchev–Trinajstić information content (AvgIpc) is 2.73. The minimum atomic E-state index is -0.527. The third-order valence-corrected chi connectivity index (χ3v) is 3.75. The van der Waals surface area contributed by atoms with Gasteiger partial charge in [-0.3, -0.25) is 0 Å². The van der Waals surface area contributed by atoms with Crippen molar-refractivity contribution < 1.29 is 18.9 Å². The molecule has 20 heavy (non-hydrogen) atoms. The summed E-state index contributed by atoms with van der Waals surface area (Å²) in [5.41, 5.74) is 1.15. The molecular formula is C16H22O4. The maximum Gasteiger partial charge on any atom is 0.163 e. The van der Waals surface area contributed by atoms with Gasteiger partial charge in [0.15, 0.2) is 12.1 Å². The number of fused-ring (bicyclic) bond motifs is 1. The van der Waals surface area contributed by atoms with Crippen LogP contribution in [0.15, 0.2) is 30.3 Å². The number of rotatable bonds is 3. The summed E-state index contributed by atoms with van der Waals surface area (Å²) in [7, 11) is 0. The Hall–Kier alpha value is -0.940. The van der Waals surface area contributed by atoms with E-state index in [0.717, 1.165) is 5.56 Å². The molecule has 0 aliphatic carbocycles. The summed E-state index contributed by atoms with van der Waals surface area (Å²) in [6, 6.07) is 10.1. The molecule has 4 heteroatoms. The Morgan fingerprint density at radius 3 is 2.70 bits per heavy atom. The second-order valence-electron chi connectivity index (χ2n) is 5.94. The van der Waals surface area contributed by atoms with E-state index in [1.54, 1.807) is 0 Å². The lowest BCUT2D eigenvalue weighted by Gasteiger charge is -2.34. The monoisotopic (exact) mass is 278 g/mol. The summed E-state index contributed by atoms with van der Waals surface area (Å²) in [6.07, 6.45) is 0.516. The highest BCUT2D eigenvalue weighted by Crippen LogP contribution is 2.37. The van der Waals surface area contributed by atoms with Gasteiger partial charge in [0.1, 0.15) is 6.10 Å². The van der Waals surface area contributed by atoms with Crippen molar-refractivity contribution in [3.63, 3.8) is 0 Å². The van der Waals surface area contributed by atoms with Crippen molar-refractivity contribution in [1.82, 2.24) is 0 Å². The van der Waals surface area contributed by atoms with Crippen molar-refractivity contribution in [2.24, 2.45) is 0 Å². The molecule has 2 fully saturated rings. The van der Waals surface area contributed by atoms with Crippen LogP contribution in [0, 0.1) is 0 Å². The maximum absolute atomic E-state index is 5.92. The van der Waals surface area contributed by atoms with Gasteiger partial charge in [-0.25, -0.2) is 0 Å². The summed E-state index contributed by atoms with van der Waals surface area (Å²) in [5, 5.41) is 0. The van der Waals surface area contributed by atoms with Crippen molar-refractivity contribution >= 4 is 0 Å². The average molecular weight is 278 g/mol. The van der Waals surface area contributed by atoms with Crippen molar-refractivity contribution in [2.45, 2.75) is 64.2 Å². The Morgan fingerprint density at radius 2 is 1.95 bits per heavy atom. The van der Waals surface area contributed by atoms with E-state index in [4.69, 9.17) is 18.9 Å². The van der Waals surface area contributed by atoms with E-state index in [1.807, 2.05) is 51.1 Å². The van der Waals surface area contributed by atoms with Gasteiger partial charge in [0.05, 0.1) is 18.8 Å². The first-order valence-electron chi connectivity index (χ1n) is 7.20. The number of hydrogen-bond acceptors (Lipinski definition) is 4.